The lowest BCUT2D eigenvalue weighted by Gasteiger charge is -2.12. The van der Waals surface area contributed by atoms with Crippen LogP contribution in [0.15, 0.2) is 41.2 Å². The van der Waals surface area contributed by atoms with Gasteiger partial charge in [0.15, 0.2) is 0 Å². The average molecular weight is 339 g/mol. The van der Waals surface area contributed by atoms with Crippen LogP contribution in [-0.2, 0) is 14.1 Å². The Labute approximate surface area is 145 Å². The van der Waals surface area contributed by atoms with Crippen LogP contribution in [0.4, 0.5) is 5.69 Å². The SMILES string of the molecule is CCOc1ccccc1C(=O)Nc1cc2c(cc1C)n(C)c(=O)n2C. The van der Waals surface area contributed by atoms with Gasteiger partial charge in [0.1, 0.15) is 5.75 Å². The minimum atomic E-state index is -0.243. The molecule has 25 heavy (non-hydrogen) atoms. The highest BCUT2D eigenvalue weighted by Gasteiger charge is 2.15. The molecular formula is C19H21N3O3. The first-order valence-electron chi connectivity index (χ1n) is 8.13. The largest absolute Gasteiger partial charge is 0.493 e. The number of rotatable bonds is 4. The predicted octanol–water partition coefficient (Wildman–Crippen LogP) is 2.84. The smallest absolute Gasteiger partial charge is 0.328 e. The summed E-state index contributed by atoms with van der Waals surface area (Å²) in [5, 5.41) is 2.93. The van der Waals surface area contributed by atoms with Gasteiger partial charge in [0.2, 0.25) is 0 Å². The van der Waals surface area contributed by atoms with Crippen LogP contribution in [0.3, 0.4) is 0 Å². The molecule has 0 spiro atoms. The van der Waals surface area contributed by atoms with Crippen molar-refractivity contribution in [3.63, 3.8) is 0 Å². The molecule has 0 bridgehead atoms. The van der Waals surface area contributed by atoms with Crippen LogP contribution in [-0.4, -0.2) is 21.6 Å². The molecule has 0 radical (unpaired) electrons. The van der Waals surface area contributed by atoms with E-state index in [0.29, 0.717) is 23.6 Å². The van der Waals surface area contributed by atoms with E-state index in [1.807, 2.05) is 32.0 Å². The van der Waals surface area contributed by atoms with Crippen LogP contribution in [0.25, 0.3) is 11.0 Å². The molecular weight excluding hydrogens is 318 g/mol. The zero-order chi connectivity index (χ0) is 18.1. The summed E-state index contributed by atoms with van der Waals surface area (Å²) in [7, 11) is 3.46. The minimum Gasteiger partial charge on any atom is -0.493 e. The Morgan fingerprint density at radius 2 is 1.76 bits per heavy atom. The zero-order valence-electron chi connectivity index (χ0n) is 14.8. The Morgan fingerprint density at radius 3 is 2.44 bits per heavy atom. The molecule has 6 heteroatoms. The van der Waals surface area contributed by atoms with Gasteiger partial charge in [-0.25, -0.2) is 4.79 Å². The van der Waals surface area contributed by atoms with E-state index < -0.39 is 0 Å². The van der Waals surface area contributed by atoms with Gasteiger partial charge in [-0.1, -0.05) is 12.1 Å². The fraction of sp³-hybridized carbons (Fsp3) is 0.263. The molecule has 0 aliphatic rings. The van der Waals surface area contributed by atoms with Gasteiger partial charge in [-0.15, -0.1) is 0 Å². The summed E-state index contributed by atoms with van der Waals surface area (Å²) >= 11 is 0. The summed E-state index contributed by atoms with van der Waals surface area (Å²) in [5.41, 5.74) is 3.54. The summed E-state index contributed by atoms with van der Waals surface area (Å²) in [4.78, 5) is 24.8. The molecule has 0 atom stereocenters. The molecule has 0 saturated heterocycles. The second kappa shape index (κ2) is 6.47. The lowest BCUT2D eigenvalue weighted by atomic mass is 10.1. The van der Waals surface area contributed by atoms with E-state index in [1.165, 1.54) is 0 Å². The van der Waals surface area contributed by atoms with Crippen LogP contribution in [0.5, 0.6) is 5.75 Å². The number of nitrogens with zero attached hydrogens (tertiary/aromatic N) is 2. The Hall–Kier alpha value is -3.02. The van der Waals surface area contributed by atoms with Crippen LogP contribution < -0.4 is 15.7 Å². The molecule has 0 unspecified atom stereocenters. The summed E-state index contributed by atoms with van der Waals surface area (Å²) in [6.07, 6.45) is 0. The topological polar surface area (TPSA) is 65.3 Å². The van der Waals surface area contributed by atoms with Gasteiger partial charge in [0.25, 0.3) is 5.91 Å². The number of hydrogen-bond acceptors (Lipinski definition) is 3. The highest BCUT2D eigenvalue weighted by molar-refractivity contribution is 6.07. The lowest BCUT2D eigenvalue weighted by Crippen LogP contribution is -2.19. The van der Waals surface area contributed by atoms with Crippen molar-refractivity contribution in [2.45, 2.75) is 13.8 Å². The van der Waals surface area contributed by atoms with E-state index >= 15 is 0 Å². The molecule has 0 fully saturated rings. The monoisotopic (exact) mass is 339 g/mol. The summed E-state index contributed by atoms with van der Waals surface area (Å²) in [6.45, 7) is 4.27. The number of fused-ring (bicyclic) bond motifs is 1. The fourth-order valence-corrected chi connectivity index (χ4v) is 2.91. The molecule has 0 aliphatic carbocycles. The number of carbonyl (C=O) groups is 1. The second-order valence-electron chi connectivity index (χ2n) is 5.94. The summed E-state index contributed by atoms with van der Waals surface area (Å²) in [5.74, 6) is 0.306. The fourth-order valence-electron chi connectivity index (χ4n) is 2.91. The van der Waals surface area contributed by atoms with E-state index in [9.17, 15) is 9.59 Å². The Bertz CT molecular complexity index is 1010. The highest BCUT2D eigenvalue weighted by Crippen LogP contribution is 2.25. The van der Waals surface area contributed by atoms with E-state index in [4.69, 9.17) is 4.74 Å². The van der Waals surface area contributed by atoms with E-state index in [1.54, 1.807) is 41.4 Å². The number of benzene rings is 2. The zero-order valence-corrected chi connectivity index (χ0v) is 14.8. The second-order valence-corrected chi connectivity index (χ2v) is 5.94. The molecule has 3 aromatic rings. The van der Waals surface area contributed by atoms with Crippen molar-refractivity contribution < 1.29 is 9.53 Å². The molecule has 0 aliphatic heterocycles. The third-order valence-electron chi connectivity index (χ3n) is 4.30. The van der Waals surface area contributed by atoms with E-state index in [0.717, 1.165) is 16.6 Å². The first-order valence-corrected chi connectivity index (χ1v) is 8.13. The van der Waals surface area contributed by atoms with E-state index in [-0.39, 0.29) is 11.6 Å². The number of ether oxygens (including phenoxy) is 1. The number of hydrogen-bond donors (Lipinski definition) is 1. The molecule has 6 nitrogen and oxygen atoms in total. The summed E-state index contributed by atoms with van der Waals surface area (Å²) in [6, 6.07) is 10.9. The number of aryl methyl sites for hydroxylation is 3. The van der Waals surface area contributed by atoms with Gasteiger partial charge in [-0.2, -0.15) is 0 Å². The number of anilines is 1. The van der Waals surface area contributed by atoms with Crippen molar-refractivity contribution in [2.75, 3.05) is 11.9 Å². The lowest BCUT2D eigenvalue weighted by molar-refractivity contribution is 0.102. The number of nitrogens with one attached hydrogen (secondary N) is 1. The number of aromatic nitrogens is 2. The average Bonchev–Trinajstić information content (AvgIpc) is 2.80. The van der Waals surface area contributed by atoms with Crippen LogP contribution in [0.1, 0.15) is 22.8 Å². The van der Waals surface area contributed by atoms with Crippen molar-refractivity contribution in [3.05, 3.63) is 58.0 Å². The van der Waals surface area contributed by atoms with E-state index in [2.05, 4.69) is 5.32 Å². The maximum atomic E-state index is 12.7. The van der Waals surface area contributed by atoms with Gasteiger partial charge in [-0.05, 0) is 43.7 Å². The van der Waals surface area contributed by atoms with Crippen molar-refractivity contribution in [2.24, 2.45) is 14.1 Å². The predicted molar refractivity (Wildman–Crippen MR) is 98.5 cm³/mol. The maximum absolute atomic E-state index is 12.7. The van der Waals surface area contributed by atoms with Crippen molar-refractivity contribution >= 4 is 22.6 Å². The maximum Gasteiger partial charge on any atom is 0.328 e. The van der Waals surface area contributed by atoms with Crippen molar-refractivity contribution in [1.82, 2.24) is 9.13 Å². The van der Waals surface area contributed by atoms with Gasteiger partial charge < -0.3 is 10.1 Å². The van der Waals surface area contributed by atoms with Crippen LogP contribution >= 0.6 is 0 Å². The van der Waals surface area contributed by atoms with Crippen molar-refractivity contribution in [1.29, 1.82) is 0 Å². The molecule has 1 aromatic heterocycles. The van der Waals surface area contributed by atoms with Crippen LogP contribution in [0, 0.1) is 6.92 Å². The Balaban J connectivity index is 2.01. The van der Waals surface area contributed by atoms with Crippen LogP contribution in [0.2, 0.25) is 0 Å². The quantitative estimate of drug-likeness (QED) is 0.795. The third-order valence-corrected chi connectivity index (χ3v) is 4.30. The Kier molecular flexibility index (Phi) is 4.35. The van der Waals surface area contributed by atoms with Gasteiger partial charge in [0.05, 0.1) is 23.2 Å². The molecule has 1 N–H and O–H groups in total. The number of carbonyl (C=O) groups excluding carboxylic acids is 1. The van der Waals surface area contributed by atoms with Crippen molar-refractivity contribution in [3.8, 4) is 5.75 Å². The highest BCUT2D eigenvalue weighted by atomic mass is 16.5. The molecule has 0 saturated carbocycles. The standard InChI is InChI=1S/C19H21N3O3/c1-5-25-17-9-7-6-8-13(17)18(23)20-14-11-16-15(10-12(14)2)21(3)19(24)22(16)4/h6-11H,5H2,1-4H3,(H,20,23). The number of imidazole rings is 1. The number of amides is 1. The molecule has 130 valence electrons. The third kappa shape index (κ3) is 2.91. The Morgan fingerprint density at radius 1 is 1.12 bits per heavy atom. The molecule has 2 aromatic carbocycles. The van der Waals surface area contributed by atoms with Gasteiger partial charge >= 0.3 is 5.69 Å². The summed E-state index contributed by atoms with van der Waals surface area (Å²) < 4.78 is 8.69. The first kappa shape index (κ1) is 16.8. The van der Waals surface area contributed by atoms with Gasteiger partial charge in [-0.3, -0.25) is 13.9 Å². The number of para-hydroxylation sites is 1. The first-order chi connectivity index (χ1) is 11.9. The normalized spacial score (nSPS) is 10.9. The molecule has 1 amide bonds. The molecule has 3 rings (SSSR count). The van der Waals surface area contributed by atoms with Gasteiger partial charge in [0, 0.05) is 19.8 Å². The minimum absolute atomic E-state index is 0.0976. The molecule has 1 heterocycles.